The van der Waals surface area contributed by atoms with Gasteiger partial charge in [-0.3, -0.25) is 4.79 Å². The minimum absolute atomic E-state index is 0.0113. The minimum Gasteiger partial charge on any atom is -0.354 e. The molecule has 3 aromatic rings. The molecule has 2 aromatic carbocycles. The van der Waals surface area contributed by atoms with Crippen molar-refractivity contribution in [1.29, 1.82) is 0 Å². The summed E-state index contributed by atoms with van der Waals surface area (Å²) in [6.45, 7) is 3.88. The summed E-state index contributed by atoms with van der Waals surface area (Å²) in [4.78, 5) is 12.7. The Bertz CT molecular complexity index is 1010. The van der Waals surface area contributed by atoms with Gasteiger partial charge in [-0.15, -0.1) is 0 Å². The van der Waals surface area contributed by atoms with Crippen LogP contribution in [0.3, 0.4) is 0 Å². The lowest BCUT2D eigenvalue weighted by atomic mass is 9.87. The van der Waals surface area contributed by atoms with E-state index in [2.05, 4.69) is 5.32 Å². The first-order valence-corrected chi connectivity index (χ1v) is 9.71. The van der Waals surface area contributed by atoms with Crippen LogP contribution < -0.4 is 5.32 Å². The molecule has 0 spiro atoms. The van der Waals surface area contributed by atoms with Gasteiger partial charge in [0.05, 0.1) is 5.56 Å². The van der Waals surface area contributed by atoms with Crippen molar-refractivity contribution >= 4 is 16.8 Å². The van der Waals surface area contributed by atoms with Crippen LogP contribution in [-0.4, -0.2) is 16.5 Å². The van der Waals surface area contributed by atoms with Gasteiger partial charge in [0.25, 0.3) is 0 Å². The normalized spacial score (nSPS) is 14.0. The van der Waals surface area contributed by atoms with Crippen molar-refractivity contribution in [2.75, 3.05) is 0 Å². The number of aromatic nitrogens is 1. The molecule has 0 fully saturated rings. The number of hydrogen-bond donors (Lipinski definition) is 1. The maximum absolute atomic E-state index is 13.3. The van der Waals surface area contributed by atoms with Crippen molar-refractivity contribution in [3.63, 3.8) is 0 Å². The topological polar surface area (TPSA) is 34.0 Å². The number of para-hydroxylation sites is 1. The number of halogens is 3. The van der Waals surface area contributed by atoms with Gasteiger partial charge in [0, 0.05) is 42.5 Å². The molecule has 1 heterocycles. The molecule has 2 unspecified atom stereocenters. The second-order valence-electron chi connectivity index (χ2n) is 7.47. The molecule has 0 aliphatic carbocycles. The molecule has 0 radical (unpaired) electrons. The molecule has 1 N–H and O–H groups in total. The van der Waals surface area contributed by atoms with E-state index in [1.54, 1.807) is 6.07 Å². The van der Waals surface area contributed by atoms with Crippen molar-refractivity contribution in [1.82, 2.24) is 9.88 Å². The third-order valence-electron chi connectivity index (χ3n) is 5.33. The number of rotatable bonds is 6. The summed E-state index contributed by atoms with van der Waals surface area (Å²) in [5.74, 6) is -0.651. The quantitative estimate of drug-likeness (QED) is 0.569. The second kappa shape index (κ2) is 8.31. The van der Waals surface area contributed by atoms with E-state index in [0.29, 0.717) is 5.56 Å². The maximum atomic E-state index is 13.3. The molecular weight excluding hydrogens is 377 g/mol. The van der Waals surface area contributed by atoms with Gasteiger partial charge in [0.15, 0.2) is 0 Å². The number of nitrogens with one attached hydrogen (secondary N) is 1. The summed E-state index contributed by atoms with van der Waals surface area (Å²) < 4.78 is 41.8. The zero-order valence-electron chi connectivity index (χ0n) is 16.8. The lowest BCUT2D eigenvalue weighted by Gasteiger charge is -2.20. The predicted molar refractivity (Wildman–Crippen MR) is 109 cm³/mol. The lowest BCUT2D eigenvalue weighted by molar-refractivity contribution is -0.137. The van der Waals surface area contributed by atoms with Crippen molar-refractivity contribution in [2.45, 2.75) is 44.8 Å². The molecule has 6 heteroatoms. The van der Waals surface area contributed by atoms with Crippen LogP contribution in [0.1, 0.15) is 49.3 Å². The Kier molecular flexibility index (Phi) is 6.01. The van der Waals surface area contributed by atoms with Crippen molar-refractivity contribution < 1.29 is 18.0 Å². The van der Waals surface area contributed by atoms with Crippen molar-refractivity contribution in [3.8, 4) is 0 Å². The summed E-state index contributed by atoms with van der Waals surface area (Å²) >= 11 is 0. The average Bonchev–Trinajstić information content (AvgIpc) is 3.02. The van der Waals surface area contributed by atoms with E-state index >= 15 is 0 Å². The molecule has 154 valence electrons. The fourth-order valence-corrected chi connectivity index (χ4v) is 3.61. The number of carbonyl (C=O) groups excluding carboxylic acids is 1. The number of nitrogens with zero attached hydrogens (tertiary/aromatic N) is 1. The van der Waals surface area contributed by atoms with Gasteiger partial charge in [-0.1, -0.05) is 43.3 Å². The first-order valence-electron chi connectivity index (χ1n) is 9.71. The van der Waals surface area contributed by atoms with Crippen LogP contribution in [0.2, 0.25) is 0 Å². The summed E-state index contributed by atoms with van der Waals surface area (Å²) in [5, 5.41) is 3.87. The molecule has 1 amide bonds. The highest BCUT2D eigenvalue weighted by atomic mass is 19.4. The number of hydrogen-bond acceptors (Lipinski definition) is 1. The van der Waals surface area contributed by atoms with E-state index in [1.165, 1.54) is 6.07 Å². The molecule has 3 nitrogen and oxygen atoms in total. The Balaban J connectivity index is 2.08. The monoisotopic (exact) mass is 402 g/mol. The molecule has 3 rings (SSSR count). The van der Waals surface area contributed by atoms with Gasteiger partial charge in [0.1, 0.15) is 0 Å². The molecule has 1 aromatic heterocycles. The summed E-state index contributed by atoms with van der Waals surface area (Å²) in [5.41, 5.74) is 1.60. The van der Waals surface area contributed by atoms with Crippen LogP contribution in [0.15, 0.2) is 54.7 Å². The van der Waals surface area contributed by atoms with Gasteiger partial charge < -0.3 is 9.88 Å². The van der Waals surface area contributed by atoms with Crippen molar-refractivity contribution in [3.05, 3.63) is 71.4 Å². The summed E-state index contributed by atoms with van der Waals surface area (Å²) in [6, 6.07) is 13.0. The van der Waals surface area contributed by atoms with E-state index in [4.69, 9.17) is 0 Å². The number of fused-ring (bicyclic) bond motifs is 1. The summed E-state index contributed by atoms with van der Waals surface area (Å²) in [7, 11) is 1.90. The highest BCUT2D eigenvalue weighted by Crippen LogP contribution is 2.37. The smallest absolute Gasteiger partial charge is 0.354 e. The molecule has 0 aliphatic rings. The second-order valence-corrected chi connectivity index (χ2v) is 7.47. The predicted octanol–water partition coefficient (Wildman–Crippen LogP) is 5.63. The third kappa shape index (κ3) is 4.63. The Labute approximate surface area is 168 Å². The van der Waals surface area contributed by atoms with Crippen LogP contribution in [0, 0.1) is 0 Å². The Hall–Kier alpha value is -2.76. The number of benzene rings is 2. The zero-order valence-corrected chi connectivity index (χ0v) is 16.8. The van der Waals surface area contributed by atoms with Crippen LogP contribution in [0.5, 0.6) is 0 Å². The Morgan fingerprint density at radius 2 is 1.86 bits per heavy atom. The number of alkyl halides is 3. The van der Waals surface area contributed by atoms with E-state index in [-0.39, 0.29) is 18.4 Å². The van der Waals surface area contributed by atoms with Crippen molar-refractivity contribution in [2.24, 2.45) is 7.05 Å². The lowest BCUT2D eigenvalue weighted by Crippen LogP contribution is -2.33. The molecule has 0 saturated carbocycles. The molecule has 0 aliphatic heterocycles. The minimum atomic E-state index is -4.43. The van der Waals surface area contributed by atoms with Gasteiger partial charge in [-0.25, -0.2) is 0 Å². The highest BCUT2D eigenvalue weighted by molar-refractivity contribution is 5.86. The highest BCUT2D eigenvalue weighted by Gasteiger charge is 2.32. The number of aryl methyl sites for hydroxylation is 1. The molecule has 2 atom stereocenters. The maximum Gasteiger partial charge on any atom is 0.416 e. The Morgan fingerprint density at radius 1 is 1.14 bits per heavy atom. The Morgan fingerprint density at radius 3 is 2.55 bits per heavy atom. The van der Waals surface area contributed by atoms with Gasteiger partial charge >= 0.3 is 6.18 Å². The van der Waals surface area contributed by atoms with Gasteiger partial charge in [0.2, 0.25) is 5.91 Å². The number of amides is 1. The molecular formula is C23H25F3N2O. The van der Waals surface area contributed by atoms with E-state index in [9.17, 15) is 18.0 Å². The fraction of sp³-hybridized carbons (Fsp3) is 0.348. The van der Waals surface area contributed by atoms with Crippen LogP contribution in [0.25, 0.3) is 10.9 Å². The van der Waals surface area contributed by atoms with Crippen LogP contribution in [-0.2, 0) is 18.0 Å². The van der Waals surface area contributed by atoms with Crippen LogP contribution in [0.4, 0.5) is 13.2 Å². The standard InChI is InChI=1S/C23H25F3N2O/c1-4-15(2)27-22(29)13-19(16-8-7-9-17(12-16)23(24,25)26)20-14-28(3)21-11-6-5-10-18(20)21/h5-12,14-15,19H,4,13H2,1-3H3,(H,27,29). The van der Waals surface area contributed by atoms with E-state index in [1.807, 2.05) is 55.9 Å². The SMILES string of the molecule is CCC(C)NC(=O)CC(c1cccc(C(F)(F)F)c1)c1cn(C)c2ccccc12. The largest absolute Gasteiger partial charge is 0.416 e. The first-order chi connectivity index (χ1) is 13.7. The van der Waals surface area contributed by atoms with Gasteiger partial charge in [-0.2, -0.15) is 13.2 Å². The first kappa shape index (κ1) is 21.0. The third-order valence-corrected chi connectivity index (χ3v) is 5.33. The van der Waals surface area contributed by atoms with Gasteiger partial charge in [-0.05, 0) is 36.6 Å². The average molecular weight is 402 g/mol. The molecule has 0 bridgehead atoms. The summed E-state index contributed by atoms with van der Waals surface area (Å²) in [6.07, 6.45) is -1.65. The molecule has 29 heavy (non-hydrogen) atoms. The van der Waals surface area contributed by atoms with E-state index in [0.717, 1.165) is 35.0 Å². The number of carbonyl (C=O) groups is 1. The zero-order chi connectivity index (χ0) is 21.2. The fourth-order valence-electron chi connectivity index (χ4n) is 3.61. The van der Waals surface area contributed by atoms with Crippen LogP contribution >= 0.6 is 0 Å². The molecule has 0 saturated heterocycles. The van der Waals surface area contributed by atoms with E-state index < -0.39 is 17.7 Å².